The van der Waals surface area contributed by atoms with Gasteiger partial charge < -0.3 is 19.9 Å². The van der Waals surface area contributed by atoms with E-state index >= 15 is 0 Å². The second-order valence-corrected chi connectivity index (χ2v) is 2.55. The Morgan fingerprint density at radius 1 is 1.58 bits per heavy atom. The monoisotopic (exact) mass is 171 g/mol. The van der Waals surface area contributed by atoms with Gasteiger partial charge in [-0.15, -0.1) is 0 Å². The lowest BCUT2D eigenvalue weighted by atomic mass is 10.3. The summed E-state index contributed by atoms with van der Waals surface area (Å²) in [7, 11) is 0. The molecule has 0 amide bonds. The third-order valence-corrected chi connectivity index (χ3v) is 1.47. The maximum absolute atomic E-state index is 8.94. The minimum atomic E-state index is -0.694. The maximum Gasteiger partial charge on any atom is 0.117 e. The molecule has 0 aliphatic carbocycles. The van der Waals surface area contributed by atoms with Crippen molar-refractivity contribution in [2.24, 2.45) is 0 Å². The number of rotatable bonds is 5. The van der Waals surface area contributed by atoms with E-state index in [2.05, 4.69) is 5.32 Å². The van der Waals surface area contributed by atoms with Crippen LogP contribution < -0.4 is 5.32 Å². The zero-order chi connectivity index (χ0) is 8.81. The van der Waals surface area contributed by atoms with Crippen LogP contribution in [0, 0.1) is 0 Å². The van der Waals surface area contributed by atoms with Crippen LogP contribution in [0.3, 0.4) is 0 Å². The molecule has 0 fully saturated rings. The quantitative estimate of drug-likeness (QED) is 0.570. The molecule has 1 aromatic heterocycles. The van der Waals surface area contributed by atoms with E-state index in [0.717, 1.165) is 5.76 Å². The lowest BCUT2D eigenvalue weighted by Crippen LogP contribution is -2.28. The minimum Gasteiger partial charge on any atom is -0.468 e. The third kappa shape index (κ3) is 3.04. The molecule has 1 aromatic rings. The predicted octanol–water partition coefficient (Wildman–Crippen LogP) is -0.278. The average Bonchev–Trinajstić information content (AvgIpc) is 2.57. The Labute approximate surface area is 70.8 Å². The first kappa shape index (κ1) is 9.25. The van der Waals surface area contributed by atoms with Crippen molar-refractivity contribution < 1.29 is 14.6 Å². The molecule has 0 aromatic carbocycles. The van der Waals surface area contributed by atoms with Gasteiger partial charge in [0.15, 0.2) is 0 Å². The number of nitrogens with one attached hydrogen (secondary N) is 1. The second-order valence-electron chi connectivity index (χ2n) is 2.55. The van der Waals surface area contributed by atoms with Gasteiger partial charge in [-0.3, -0.25) is 0 Å². The zero-order valence-electron chi connectivity index (χ0n) is 6.73. The molecule has 0 saturated heterocycles. The zero-order valence-corrected chi connectivity index (χ0v) is 6.73. The Balaban J connectivity index is 2.11. The van der Waals surface area contributed by atoms with Crippen molar-refractivity contribution in [3.63, 3.8) is 0 Å². The molecule has 1 rings (SSSR count). The fourth-order valence-electron chi connectivity index (χ4n) is 0.840. The van der Waals surface area contributed by atoms with Crippen molar-refractivity contribution >= 4 is 0 Å². The lowest BCUT2D eigenvalue weighted by molar-refractivity contribution is 0.0938. The first-order valence-corrected chi connectivity index (χ1v) is 3.85. The molecule has 1 heterocycles. The Kier molecular flexibility index (Phi) is 3.79. The summed E-state index contributed by atoms with van der Waals surface area (Å²) in [5, 5.41) is 20.4. The number of aliphatic hydroxyl groups is 2. The van der Waals surface area contributed by atoms with Crippen LogP contribution in [0.1, 0.15) is 5.76 Å². The minimum absolute atomic E-state index is 0.217. The fourth-order valence-corrected chi connectivity index (χ4v) is 0.840. The van der Waals surface area contributed by atoms with Gasteiger partial charge in [-0.2, -0.15) is 0 Å². The summed E-state index contributed by atoms with van der Waals surface area (Å²) in [6.45, 7) is 0.729. The molecule has 0 radical (unpaired) electrons. The van der Waals surface area contributed by atoms with E-state index in [4.69, 9.17) is 14.6 Å². The van der Waals surface area contributed by atoms with Crippen molar-refractivity contribution in [3.05, 3.63) is 24.2 Å². The summed E-state index contributed by atoms with van der Waals surface area (Å²) in [5.41, 5.74) is 0. The van der Waals surface area contributed by atoms with Gasteiger partial charge >= 0.3 is 0 Å². The summed E-state index contributed by atoms with van der Waals surface area (Å²) in [6.07, 6.45) is 0.902. The maximum atomic E-state index is 8.94. The Morgan fingerprint density at radius 2 is 2.42 bits per heavy atom. The van der Waals surface area contributed by atoms with Crippen LogP contribution in [0.2, 0.25) is 0 Å². The summed E-state index contributed by atoms with van der Waals surface area (Å²) in [4.78, 5) is 0. The van der Waals surface area contributed by atoms with Crippen LogP contribution in [-0.2, 0) is 6.54 Å². The van der Waals surface area contributed by atoms with Crippen LogP contribution in [0.4, 0.5) is 0 Å². The molecule has 1 unspecified atom stereocenters. The van der Waals surface area contributed by atoms with Gasteiger partial charge in [0.25, 0.3) is 0 Å². The van der Waals surface area contributed by atoms with E-state index in [9.17, 15) is 0 Å². The largest absolute Gasteiger partial charge is 0.468 e. The molecule has 0 spiro atoms. The highest BCUT2D eigenvalue weighted by atomic mass is 16.3. The smallest absolute Gasteiger partial charge is 0.117 e. The molecular weight excluding hydrogens is 158 g/mol. The van der Waals surface area contributed by atoms with Crippen LogP contribution in [-0.4, -0.2) is 29.5 Å². The standard InChI is InChI=1S/C8H13NO3/c10-6-7(11)4-9-5-8-2-1-3-12-8/h1-3,7,9-11H,4-6H2. The van der Waals surface area contributed by atoms with Gasteiger partial charge in [0.2, 0.25) is 0 Å². The number of hydrogen-bond donors (Lipinski definition) is 3. The Hall–Kier alpha value is -0.840. The third-order valence-electron chi connectivity index (χ3n) is 1.47. The van der Waals surface area contributed by atoms with Crippen LogP contribution in [0.15, 0.2) is 22.8 Å². The lowest BCUT2D eigenvalue weighted by Gasteiger charge is -2.06. The molecular formula is C8H13NO3. The van der Waals surface area contributed by atoms with E-state index in [1.54, 1.807) is 12.3 Å². The van der Waals surface area contributed by atoms with E-state index in [1.165, 1.54) is 0 Å². The van der Waals surface area contributed by atoms with Gasteiger partial charge in [-0.05, 0) is 12.1 Å². The number of hydrogen-bond acceptors (Lipinski definition) is 4. The van der Waals surface area contributed by atoms with E-state index < -0.39 is 6.10 Å². The molecule has 0 saturated carbocycles. The highest BCUT2D eigenvalue weighted by Crippen LogP contribution is 1.98. The van der Waals surface area contributed by atoms with Crippen molar-refractivity contribution in [2.75, 3.05) is 13.2 Å². The van der Waals surface area contributed by atoms with Gasteiger partial charge in [0.05, 0.1) is 25.5 Å². The fraction of sp³-hybridized carbons (Fsp3) is 0.500. The average molecular weight is 171 g/mol. The summed E-state index contributed by atoms with van der Waals surface area (Å²) >= 11 is 0. The van der Waals surface area contributed by atoms with Crippen molar-refractivity contribution in [3.8, 4) is 0 Å². The second kappa shape index (κ2) is 4.92. The van der Waals surface area contributed by atoms with Gasteiger partial charge in [0, 0.05) is 6.54 Å². The summed E-state index contributed by atoms with van der Waals surface area (Å²) in [6, 6.07) is 3.65. The molecule has 0 aliphatic heterocycles. The highest BCUT2D eigenvalue weighted by Gasteiger charge is 2.00. The molecule has 4 nitrogen and oxygen atoms in total. The Bertz CT molecular complexity index is 198. The van der Waals surface area contributed by atoms with Gasteiger partial charge in [0.1, 0.15) is 5.76 Å². The van der Waals surface area contributed by atoms with E-state index in [-0.39, 0.29) is 6.61 Å². The van der Waals surface area contributed by atoms with Crippen LogP contribution in [0.5, 0.6) is 0 Å². The van der Waals surface area contributed by atoms with Crippen molar-refractivity contribution in [2.45, 2.75) is 12.6 Å². The molecule has 3 N–H and O–H groups in total. The van der Waals surface area contributed by atoms with Gasteiger partial charge in [-0.25, -0.2) is 0 Å². The normalized spacial score (nSPS) is 13.2. The summed E-state index contributed by atoms with van der Waals surface area (Å²) < 4.78 is 5.04. The molecule has 0 aliphatic rings. The number of furan rings is 1. The SMILES string of the molecule is OCC(O)CNCc1ccco1. The predicted molar refractivity (Wildman–Crippen MR) is 43.5 cm³/mol. The molecule has 0 bridgehead atoms. The van der Waals surface area contributed by atoms with E-state index in [1.807, 2.05) is 6.07 Å². The first-order valence-electron chi connectivity index (χ1n) is 3.85. The van der Waals surface area contributed by atoms with Crippen molar-refractivity contribution in [1.29, 1.82) is 0 Å². The highest BCUT2D eigenvalue weighted by molar-refractivity contribution is 4.97. The summed E-state index contributed by atoms with van der Waals surface area (Å²) in [5.74, 6) is 0.820. The Morgan fingerprint density at radius 3 is 3.00 bits per heavy atom. The van der Waals surface area contributed by atoms with Crippen LogP contribution in [0.25, 0.3) is 0 Å². The number of aliphatic hydroxyl groups excluding tert-OH is 2. The first-order chi connectivity index (χ1) is 5.83. The van der Waals surface area contributed by atoms with Crippen LogP contribution >= 0.6 is 0 Å². The topological polar surface area (TPSA) is 65.6 Å². The van der Waals surface area contributed by atoms with Gasteiger partial charge in [-0.1, -0.05) is 0 Å². The molecule has 68 valence electrons. The molecule has 1 atom stereocenters. The van der Waals surface area contributed by atoms with E-state index in [0.29, 0.717) is 13.1 Å². The molecule has 12 heavy (non-hydrogen) atoms. The van der Waals surface area contributed by atoms with Crippen molar-refractivity contribution in [1.82, 2.24) is 5.32 Å². The molecule has 4 heteroatoms.